The van der Waals surface area contributed by atoms with Gasteiger partial charge < -0.3 is 10.2 Å². The standard InChI is InChI=1S/C21H22F3N5O2/c1-13-15(20(31)29-18(26-13)7-8-25-29)12-19(30)27-16-11-14(21(22,23)24)5-6-17(16)28-9-3-2-4-10-28/h5-8,11,25H,2-4,9-10,12H2,1H3,(H,27,30). The minimum Gasteiger partial charge on any atom is -0.370 e. The van der Waals surface area contributed by atoms with E-state index < -0.39 is 23.2 Å². The van der Waals surface area contributed by atoms with E-state index in [2.05, 4.69) is 15.4 Å². The summed E-state index contributed by atoms with van der Waals surface area (Å²) in [7, 11) is 0. The summed E-state index contributed by atoms with van der Waals surface area (Å²) in [6.07, 6.45) is -0.331. The molecule has 1 aliphatic heterocycles. The van der Waals surface area contributed by atoms with Crippen LogP contribution in [0.5, 0.6) is 0 Å². The third kappa shape index (κ3) is 4.28. The van der Waals surface area contributed by atoms with Crippen molar-refractivity contribution in [3.8, 4) is 0 Å². The van der Waals surface area contributed by atoms with Crippen LogP contribution in [0.3, 0.4) is 0 Å². The fourth-order valence-corrected chi connectivity index (χ4v) is 3.89. The van der Waals surface area contributed by atoms with Crippen molar-refractivity contribution in [1.29, 1.82) is 0 Å². The lowest BCUT2D eigenvalue weighted by molar-refractivity contribution is -0.137. The second-order valence-electron chi connectivity index (χ2n) is 7.64. The summed E-state index contributed by atoms with van der Waals surface area (Å²) in [4.78, 5) is 31.7. The van der Waals surface area contributed by atoms with Gasteiger partial charge in [-0.3, -0.25) is 14.7 Å². The number of amides is 1. The minimum absolute atomic E-state index is 0.0911. The summed E-state index contributed by atoms with van der Waals surface area (Å²) in [5.41, 5.74) is 0.402. The maximum absolute atomic E-state index is 13.3. The number of halogens is 3. The van der Waals surface area contributed by atoms with Gasteiger partial charge in [0.15, 0.2) is 5.65 Å². The highest BCUT2D eigenvalue weighted by Gasteiger charge is 2.32. The van der Waals surface area contributed by atoms with Crippen LogP contribution in [0.1, 0.15) is 36.1 Å². The van der Waals surface area contributed by atoms with Gasteiger partial charge in [0, 0.05) is 36.6 Å². The SMILES string of the molecule is Cc1nc2cc[nH]n2c(=O)c1CC(=O)Nc1cc(C(F)(F)F)ccc1N1CCCCC1. The number of anilines is 2. The number of carbonyl (C=O) groups is 1. The van der Waals surface area contributed by atoms with E-state index in [0.29, 0.717) is 30.1 Å². The van der Waals surface area contributed by atoms with Crippen molar-refractivity contribution < 1.29 is 18.0 Å². The molecule has 1 amide bonds. The molecule has 1 aliphatic rings. The Hall–Kier alpha value is -3.30. The van der Waals surface area contributed by atoms with Crippen LogP contribution in [-0.4, -0.2) is 33.6 Å². The molecular weight excluding hydrogens is 411 g/mol. The number of aryl methyl sites for hydroxylation is 1. The average molecular weight is 433 g/mol. The molecule has 0 aliphatic carbocycles. The molecule has 0 spiro atoms. The smallest absolute Gasteiger partial charge is 0.370 e. The topological polar surface area (TPSA) is 82.5 Å². The first kappa shape index (κ1) is 21.0. The Bertz CT molecular complexity index is 1180. The number of aromatic nitrogens is 3. The molecule has 3 heterocycles. The van der Waals surface area contributed by atoms with Crippen LogP contribution < -0.4 is 15.8 Å². The van der Waals surface area contributed by atoms with Crippen LogP contribution >= 0.6 is 0 Å². The van der Waals surface area contributed by atoms with Crippen LogP contribution in [0.25, 0.3) is 5.65 Å². The van der Waals surface area contributed by atoms with E-state index in [0.717, 1.165) is 31.4 Å². The lowest BCUT2D eigenvalue weighted by Gasteiger charge is -2.31. The fraction of sp³-hybridized carbons (Fsp3) is 0.381. The summed E-state index contributed by atoms with van der Waals surface area (Å²) >= 11 is 0. The number of fused-ring (bicyclic) bond motifs is 1. The molecule has 0 atom stereocenters. The number of nitrogens with zero attached hydrogens (tertiary/aromatic N) is 3. The van der Waals surface area contributed by atoms with Crippen molar-refractivity contribution in [2.75, 3.05) is 23.3 Å². The summed E-state index contributed by atoms with van der Waals surface area (Å²) in [5, 5.41) is 5.33. The van der Waals surface area contributed by atoms with Gasteiger partial charge in [0.25, 0.3) is 5.56 Å². The third-order valence-corrected chi connectivity index (χ3v) is 5.48. The van der Waals surface area contributed by atoms with Crippen LogP contribution in [0.2, 0.25) is 0 Å². The van der Waals surface area contributed by atoms with Crippen LogP contribution in [0, 0.1) is 6.92 Å². The van der Waals surface area contributed by atoms with E-state index >= 15 is 0 Å². The molecule has 1 saturated heterocycles. The Kier molecular flexibility index (Phi) is 5.47. The van der Waals surface area contributed by atoms with Gasteiger partial charge in [0.2, 0.25) is 5.91 Å². The Morgan fingerprint density at radius 3 is 2.65 bits per heavy atom. The highest BCUT2D eigenvalue weighted by Crippen LogP contribution is 2.36. The van der Waals surface area contributed by atoms with Crippen LogP contribution in [0.4, 0.5) is 24.5 Å². The van der Waals surface area contributed by atoms with Crippen molar-refractivity contribution in [2.45, 2.75) is 38.8 Å². The predicted octanol–water partition coefficient (Wildman–Crippen LogP) is 3.52. The van der Waals surface area contributed by atoms with Gasteiger partial charge in [-0.1, -0.05) is 0 Å². The molecule has 0 radical (unpaired) electrons. The van der Waals surface area contributed by atoms with Gasteiger partial charge in [-0.2, -0.15) is 13.2 Å². The lowest BCUT2D eigenvalue weighted by atomic mass is 10.1. The number of rotatable bonds is 4. The Morgan fingerprint density at radius 2 is 1.94 bits per heavy atom. The molecule has 31 heavy (non-hydrogen) atoms. The van der Waals surface area contributed by atoms with Gasteiger partial charge in [-0.05, 0) is 44.4 Å². The highest BCUT2D eigenvalue weighted by atomic mass is 19.4. The van der Waals surface area contributed by atoms with Crippen LogP contribution in [-0.2, 0) is 17.4 Å². The maximum atomic E-state index is 13.3. The number of alkyl halides is 3. The van der Waals surface area contributed by atoms with E-state index in [9.17, 15) is 22.8 Å². The maximum Gasteiger partial charge on any atom is 0.416 e. The molecule has 1 fully saturated rings. The normalized spacial score (nSPS) is 14.8. The first-order valence-electron chi connectivity index (χ1n) is 10.1. The van der Waals surface area contributed by atoms with Crippen molar-refractivity contribution in [3.05, 3.63) is 57.6 Å². The predicted molar refractivity (Wildman–Crippen MR) is 110 cm³/mol. The Balaban J connectivity index is 1.64. The van der Waals surface area contributed by atoms with Gasteiger partial charge in [0.05, 0.1) is 23.4 Å². The number of piperidine rings is 1. The molecule has 3 aromatic rings. The lowest BCUT2D eigenvalue weighted by Crippen LogP contribution is -2.31. The first-order chi connectivity index (χ1) is 14.7. The second kappa shape index (κ2) is 8.09. The number of nitrogens with one attached hydrogen (secondary N) is 2. The minimum atomic E-state index is -4.53. The number of hydrogen-bond acceptors (Lipinski definition) is 4. The summed E-state index contributed by atoms with van der Waals surface area (Å²) in [5.74, 6) is -0.578. The molecule has 2 N–H and O–H groups in total. The number of hydrogen-bond donors (Lipinski definition) is 2. The average Bonchev–Trinajstić information content (AvgIpc) is 3.19. The largest absolute Gasteiger partial charge is 0.416 e. The van der Waals surface area contributed by atoms with Crippen LogP contribution in [0.15, 0.2) is 35.3 Å². The molecule has 0 unspecified atom stereocenters. The van der Waals surface area contributed by atoms with E-state index in [-0.39, 0.29) is 17.7 Å². The van der Waals surface area contributed by atoms with Gasteiger partial charge in [-0.15, -0.1) is 0 Å². The molecule has 0 bridgehead atoms. The molecule has 10 heteroatoms. The summed E-state index contributed by atoms with van der Waals surface area (Å²) in [6, 6.07) is 5.01. The van der Waals surface area contributed by atoms with Gasteiger partial charge in [-0.25, -0.2) is 9.50 Å². The number of carbonyl (C=O) groups excluding carboxylic acids is 1. The molecule has 7 nitrogen and oxygen atoms in total. The summed E-state index contributed by atoms with van der Waals surface area (Å²) < 4.78 is 41.0. The molecule has 2 aromatic heterocycles. The van der Waals surface area contributed by atoms with E-state index in [1.54, 1.807) is 19.2 Å². The van der Waals surface area contributed by atoms with Crippen molar-refractivity contribution >= 4 is 22.9 Å². The third-order valence-electron chi connectivity index (χ3n) is 5.48. The van der Waals surface area contributed by atoms with Crippen molar-refractivity contribution in [3.63, 3.8) is 0 Å². The monoisotopic (exact) mass is 433 g/mol. The van der Waals surface area contributed by atoms with Crippen molar-refractivity contribution in [1.82, 2.24) is 14.6 Å². The van der Waals surface area contributed by atoms with E-state index in [1.807, 2.05) is 4.90 Å². The second-order valence-corrected chi connectivity index (χ2v) is 7.64. The number of benzene rings is 1. The summed E-state index contributed by atoms with van der Waals surface area (Å²) in [6.45, 7) is 3.05. The van der Waals surface area contributed by atoms with E-state index in [1.165, 1.54) is 10.6 Å². The number of H-pyrrole nitrogens is 1. The molecular formula is C21H22F3N5O2. The zero-order valence-corrected chi connectivity index (χ0v) is 16.9. The molecule has 1 aromatic carbocycles. The molecule has 0 saturated carbocycles. The van der Waals surface area contributed by atoms with E-state index in [4.69, 9.17) is 0 Å². The zero-order chi connectivity index (χ0) is 22.2. The first-order valence-corrected chi connectivity index (χ1v) is 10.1. The Labute approximate surface area is 175 Å². The quantitative estimate of drug-likeness (QED) is 0.660. The van der Waals surface area contributed by atoms with Crippen molar-refractivity contribution in [2.24, 2.45) is 0 Å². The van der Waals surface area contributed by atoms with Gasteiger partial charge in [0.1, 0.15) is 0 Å². The number of aromatic amines is 1. The van der Waals surface area contributed by atoms with Gasteiger partial charge >= 0.3 is 6.18 Å². The fourth-order valence-electron chi connectivity index (χ4n) is 3.89. The highest BCUT2D eigenvalue weighted by molar-refractivity contribution is 5.96. The molecule has 4 rings (SSSR count). The zero-order valence-electron chi connectivity index (χ0n) is 16.9. The Morgan fingerprint density at radius 1 is 1.19 bits per heavy atom. The molecule has 164 valence electrons.